The van der Waals surface area contributed by atoms with Gasteiger partial charge in [-0.25, -0.2) is 15.0 Å². The van der Waals surface area contributed by atoms with Crippen LogP contribution in [0, 0.1) is 0 Å². The summed E-state index contributed by atoms with van der Waals surface area (Å²) in [5, 5.41) is 13.6. The van der Waals surface area contributed by atoms with Crippen LogP contribution in [-0.2, 0) is 6.42 Å². The van der Waals surface area contributed by atoms with E-state index >= 15 is 0 Å². The van der Waals surface area contributed by atoms with Gasteiger partial charge in [0.15, 0.2) is 0 Å². The molecule has 0 radical (unpaired) electrons. The van der Waals surface area contributed by atoms with Crippen LogP contribution in [0.3, 0.4) is 0 Å². The fourth-order valence-corrected chi connectivity index (χ4v) is 4.16. The molecule has 0 spiro atoms. The summed E-state index contributed by atoms with van der Waals surface area (Å²) in [6, 6.07) is 21.5. The molecule has 0 bridgehead atoms. The number of aliphatic hydroxyl groups is 1. The zero-order valence-electron chi connectivity index (χ0n) is 25.5. The number of nitrogens with zero attached hydrogens (tertiary/aromatic N) is 3. The van der Waals surface area contributed by atoms with Gasteiger partial charge in [0.2, 0.25) is 0 Å². The molecule has 3 N–H and O–H groups in total. The molecule has 5 aromatic rings. The Kier molecular flexibility index (Phi) is 15.5. The molecule has 44 heavy (non-hydrogen) atoms. The number of alkyl halides is 1. The quantitative estimate of drug-likeness (QED) is 0.0973. The first kappa shape index (κ1) is 34.3. The van der Waals surface area contributed by atoms with Crippen LogP contribution in [0.4, 0.5) is 5.82 Å². The van der Waals surface area contributed by atoms with Crippen LogP contribution in [0.2, 0.25) is 0 Å². The highest BCUT2D eigenvalue weighted by Crippen LogP contribution is 2.24. The van der Waals surface area contributed by atoms with Gasteiger partial charge in [-0.2, -0.15) is 0 Å². The Hall–Kier alpha value is -4.21. The topological polar surface area (TPSA) is 122 Å². The SMILES string of the molecule is CCC.ClCCCOc1ccc2c(NCCCc3ccccc3)ncnc2c1.O=c1[nH]cnc2cc(OCCCO)ccc12. The van der Waals surface area contributed by atoms with E-state index < -0.39 is 0 Å². The lowest BCUT2D eigenvalue weighted by atomic mass is 10.1. The van der Waals surface area contributed by atoms with E-state index in [2.05, 4.69) is 63.4 Å². The summed E-state index contributed by atoms with van der Waals surface area (Å²) in [6.45, 7) is 6.29. The molecule has 3 aromatic carbocycles. The van der Waals surface area contributed by atoms with E-state index in [-0.39, 0.29) is 12.2 Å². The summed E-state index contributed by atoms with van der Waals surface area (Å²) in [4.78, 5) is 26.7. The summed E-state index contributed by atoms with van der Waals surface area (Å²) in [7, 11) is 0. The minimum absolute atomic E-state index is 0.103. The maximum Gasteiger partial charge on any atom is 0.258 e. The first-order valence-electron chi connectivity index (χ1n) is 15.0. The Bertz CT molecular complexity index is 1580. The molecule has 2 heterocycles. The molecule has 0 amide bonds. The molecule has 10 heteroatoms. The van der Waals surface area contributed by atoms with Gasteiger partial charge in [-0.15, -0.1) is 11.6 Å². The summed E-state index contributed by atoms with van der Waals surface area (Å²) in [5.74, 6) is 2.93. The van der Waals surface area contributed by atoms with E-state index in [4.69, 9.17) is 26.2 Å². The Labute approximate surface area is 263 Å². The lowest BCUT2D eigenvalue weighted by Gasteiger charge is -2.10. The van der Waals surface area contributed by atoms with Gasteiger partial charge in [0, 0.05) is 43.0 Å². The van der Waals surface area contributed by atoms with E-state index in [1.54, 1.807) is 24.5 Å². The van der Waals surface area contributed by atoms with Crippen LogP contribution >= 0.6 is 11.6 Å². The highest BCUT2D eigenvalue weighted by molar-refractivity contribution is 6.17. The van der Waals surface area contributed by atoms with Crippen molar-refractivity contribution in [1.82, 2.24) is 19.9 Å². The molecule has 2 aromatic heterocycles. The predicted octanol–water partition coefficient (Wildman–Crippen LogP) is 6.78. The third-order valence-corrected chi connectivity index (χ3v) is 6.38. The summed E-state index contributed by atoms with van der Waals surface area (Å²) in [6.07, 6.45) is 7.72. The lowest BCUT2D eigenvalue weighted by Crippen LogP contribution is -2.06. The second-order valence-corrected chi connectivity index (χ2v) is 10.2. The normalized spacial score (nSPS) is 10.4. The van der Waals surface area contributed by atoms with Gasteiger partial charge in [0.1, 0.15) is 23.6 Å². The van der Waals surface area contributed by atoms with Crippen LogP contribution in [-0.4, -0.2) is 57.3 Å². The van der Waals surface area contributed by atoms with Crippen LogP contribution in [0.25, 0.3) is 21.8 Å². The van der Waals surface area contributed by atoms with Crippen molar-refractivity contribution < 1.29 is 14.6 Å². The largest absolute Gasteiger partial charge is 0.493 e. The highest BCUT2D eigenvalue weighted by atomic mass is 35.5. The van der Waals surface area contributed by atoms with E-state index in [0.717, 1.165) is 48.3 Å². The number of aliphatic hydroxyl groups excluding tert-OH is 1. The lowest BCUT2D eigenvalue weighted by molar-refractivity contribution is 0.233. The number of hydrogen-bond acceptors (Lipinski definition) is 8. The van der Waals surface area contributed by atoms with Gasteiger partial charge in [-0.1, -0.05) is 50.6 Å². The minimum atomic E-state index is -0.160. The van der Waals surface area contributed by atoms with Crippen LogP contribution in [0.1, 0.15) is 45.1 Å². The molecule has 9 nitrogen and oxygen atoms in total. The number of rotatable bonds is 13. The van der Waals surface area contributed by atoms with Crippen molar-refractivity contribution >= 4 is 39.2 Å². The Morgan fingerprint density at radius 3 is 2.18 bits per heavy atom. The Balaban J connectivity index is 0.000000239. The van der Waals surface area contributed by atoms with E-state index in [9.17, 15) is 4.79 Å². The minimum Gasteiger partial charge on any atom is -0.493 e. The number of aromatic amines is 1. The summed E-state index contributed by atoms with van der Waals surface area (Å²) >= 11 is 5.67. The third kappa shape index (κ3) is 11.5. The average molecular weight is 620 g/mol. The van der Waals surface area contributed by atoms with Crippen molar-refractivity contribution in [2.24, 2.45) is 0 Å². The number of fused-ring (bicyclic) bond motifs is 2. The number of hydrogen-bond donors (Lipinski definition) is 3. The van der Waals surface area contributed by atoms with Crippen molar-refractivity contribution in [1.29, 1.82) is 0 Å². The predicted molar refractivity (Wildman–Crippen MR) is 179 cm³/mol. The number of ether oxygens (including phenoxy) is 2. The first-order chi connectivity index (χ1) is 21.6. The molecular formula is C34H42ClN5O4. The first-order valence-corrected chi connectivity index (χ1v) is 15.5. The molecule has 0 atom stereocenters. The van der Waals surface area contributed by atoms with Crippen molar-refractivity contribution in [3.8, 4) is 11.5 Å². The smallest absolute Gasteiger partial charge is 0.258 e. The second kappa shape index (κ2) is 19.9. The molecule has 5 rings (SSSR count). The number of H-pyrrole nitrogens is 1. The molecule has 0 aliphatic carbocycles. The fourth-order valence-electron chi connectivity index (χ4n) is 4.05. The number of benzene rings is 3. The van der Waals surface area contributed by atoms with Crippen molar-refractivity contribution in [3.05, 3.63) is 95.3 Å². The van der Waals surface area contributed by atoms with E-state index in [0.29, 0.717) is 42.2 Å². The summed E-state index contributed by atoms with van der Waals surface area (Å²) in [5.41, 5.74) is 2.68. The van der Waals surface area contributed by atoms with Crippen LogP contribution < -0.4 is 20.3 Å². The third-order valence-electron chi connectivity index (χ3n) is 6.12. The van der Waals surface area contributed by atoms with Gasteiger partial charge >= 0.3 is 0 Å². The van der Waals surface area contributed by atoms with Gasteiger partial charge in [-0.3, -0.25) is 4.79 Å². The standard InChI is InChI=1S/C20H22ClN3O.C11H12N2O3.C3H8/c21-11-5-13-25-17-9-10-18-19(14-17)23-15-24-20(18)22-12-4-8-16-6-2-1-3-7-16;14-4-1-5-16-8-2-3-9-10(6-8)12-7-13-11(9)15;1-3-2/h1-3,6-7,9-10,14-15H,4-5,8,11-13H2,(H,22,23,24);2-3,6-7,14H,1,4-5H2,(H,12,13,15);3H2,1-2H3. The number of aromatic nitrogens is 4. The second-order valence-electron chi connectivity index (χ2n) is 9.85. The number of aryl methyl sites for hydroxylation is 1. The molecule has 234 valence electrons. The Morgan fingerprint density at radius 2 is 1.50 bits per heavy atom. The van der Waals surface area contributed by atoms with Crippen LogP contribution in [0.5, 0.6) is 11.5 Å². The molecule has 0 aliphatic heterocycles. The van der Waals surface area contributed by atoms with Crippen molar-refractivity contribution in [2.75, 3.05) is 37.6 Å². The maximum absolute atomic E-state index is 11.4. The zero-order chi connectivity index (χ0) is 31.4. The van der Waals surface area contributed by atoms with Crippen molar-refractivity contribution in [2.45, 2.75) is 46.0 Å². The summed E-state index contributed by atoms with van der Waals surface area (Å²) < 4.78 is 11.1. The molecule has 0 unspecified atom stereocenters. The fraction of sp³-hybridized carbons (Fsp3) is 0.353. The average Bonchev–Trinajstić information content (AvgIpc) is 3.05. The molecule has 0 fully saturated rings. The zero-order valence-corrected chi connectivity index (χ0v) is 26.2. The molecule has 0 saturated heterocycles. The molecule has 0 aliphatic rings. The van der Waals surface area contributed by atoms with E-state index in [1.807, 2.05) is 24.3 Å². The Morgan fingerprint density at radius 1 is 0.841 bits per heavy atom. The van der Waals surface area contributed by atoms with Crippen molar-refractivity contribution in [3.63, 3.8) is 0 Å². The van der Waals surface area contributed by atoms with Gasteiger partial charge < -0.3 is 24.9 Å². The van der Waals surface area contributed by atoms with Gasteiger partial charge in [0.05, 0.1) is 36.0 Å². The molecule has 0 saturated carbocycles. The molecular weight excluding hydrogens is 578 g/mol. The number of nitrogens with one attached hydrogen (secondary N) is 2. The maximum atomic E-state index is 11.4. The number of halogens is 1. The van der Waals surface area contributed by atoms with E-state index in [1.165, 1.54) is 18.3 Å². The monoisotopic (exact) mass is 619 g/mol. The highest BCUT2D eigenvalue weighted by Gasteiger charge is 2.05. The van der Waals surface area contributed by atoms with Crippen LogP contribution in [0.15, 0.2) is 84.2 Å². The van der Waals surface area contributed by atoms with Gasteiger partial charge in [-0.05, 0) is 49.1 Å². The van der Waals surface area contributed by atoms with Gasteiger partial charge in [0.25, 0.3) is 5.56 Å². The number of anilines is 1.